The molecule has 3 N–H and O–H groups in total. The standard InChI is InChI=1S/C36H41ClFN5O5Si/c1-22-33(49(3,4)38)32(15-16-42-20-30(40-41-42)28(21-44)25-10-6-5-7-11-25)48-36(22)29-18-26(37)13-14-31(29)43(35(36)47)19-24-9-8-12-27(17-24)39-34(46)23(2)45/h5-14,17-18,20,22-23,28,32-33,44-45H,15-16,19,21H2,1-4H3,(H,39,46)/t22-,23-,28?,32+,33-,36+/m0/s1. The number of nitrogens with one attached hydrogen (secondary N) is 1. The molecular weight excluding hydrogens is 665 g/mol. The van der Waals surface area contributed by atoms with Crippen molar-refractivity contribution < 1.29 is 28.6 Å². The van der Waals surface area contributed by atoms with Crippen molar-refractivity contribution in [1.29, 1.82) is 0 Å². The zero-order valence-corrected chi connectivity index (χ0v) is 29.6. The Morgan fingerprint density at radius 1 is 1.14 bits per heavy atom. The topological polar surface area (TPSA) is 130 Å². The minimum atomic E-state index is -3.41. The zero-order valence-electron chi connectivity index (χ0n) is 27.9. The van der Waals surface area contributed by atoms with Crippen LogP contribution in [0.3, 0.4) is 0 Å². The van der Waals surface area contributed by atoms with Gasteiger partial charge in [0.25, 0.3) is 11.8 Å². The van der Waals surface area contributed by atoms with Crippen molar-refractivity contribution in [2.75, 3.05) is 16.8 Å². The summed E-state index contributed by atoms with van der Waals surface area (Å²) >= 11 is 6.52. The van der Waals surface area contributed by atoms with Crippen molar-refractivity contribution in [1.82, 2.24) is 15.0 Å². The highest BCUT2D eigenvalue weighted by Gasteiger charge is 2.66. The third kappa shape index (κ3) is 6.67. The Labute approximate surface area is 291 Å². The number of aliphatic hydroxyl groups excluding tert-OH is 2. The van der Waals surface area contributed by atoms with Crippen LogP contribution in [-0.2, 0) is 33.0 Å². The van der Waals surface area contributed by atoms with Crippen LogP contribution in [0.5, 0.6) is 0 Å². The molecule has 0 radical (unpaired) electrons. The molecule has 6 atom stereocenters. The maximum Gasteiger partial charge on any atom is 0.264 e. The summed E-state index contributed by atoms with van der Waals surface area (Å²) in [6, 6.07) is 21.9. The van der Waals surface area contributed by atoms with Gasteiger partial charge in [-0.2, -0.15) is 0 Å². The van der Waals surface area contributed by atoms with Crippen LogP contribution >= 0.6 is 11.6 Å². The molecule has 10 nitrogen and oxygen atoms in total. The van der Waals surface area contributed by atoms with E-state index in [1.165, 1.54) is 6.92 Å². The van der Waals surface area contributed by atoms with Gasteiger partial charge in [-0.05, 0) is 67.9 Å². The first-order chi connectivity index (χ1) is 23.3. The maximum atomic E-state index is 16.3. The molecule has 258 valence electrons. The van der Waals surface area contributed by atoms with Gasteiger partial charge in [0.15, 0.2) is 5.60 Å². The molecule has 0 saturated carbocycles. The van der Waals surface area contributed by atoms with Crippen molar-refractivity contribution in [3.05, 3.63) is 106 Å². The summed E-state index contributed by atoms with van der Waals surface area (Å²) in [6.07, 6.45) is 0.420. The number of amides is 2. The van der Waals surface area contributed by atoms with E-state index in [1.54, 1.807) is 65.3 Å². The maximum absolute atomic E-state index is 16.3. The number of halogens is 2. The van der Waals surface area contributed by atoms with Crippen molar-refractivity contribution >= 4 is 43.2 Å². The van der Waals surface area contributed by atoms with Gasteiger partial charge in [0, 0.05) is 40.5 Å². The molecule has 4 aromatic rings. The van der Waals surface area contributed by atoms with Crippen molar-refractivity contribution in [2.24, 2.45) is 5.92 Å². The van der Waals surface area contributed by atoms with Gasteiger partial charge in [0.1, 0.15) is 6.10 Å². The highest BCUT2D eigenvalue weighted by atomic mass is 35.5. The van der Waals surface area contributed by atoms with E-state index in [9.17, 15) is 19.8 Å². The molecule has 6 rings (SSSR count). The number of benzene rings is 3. The Bertz CT molecular complexity index is 1840. The van der Waals surface area contributed by atoms with E-state index < -0.39 is 43.6 Å². The van der Waals surface area contributed by atoms with Crippen molar-refractivity contribution in [3.8, 4) is 0 Å². The molecule has 49 heavy (non-hydrogen) atoms. The number of carbonyl (C=O) groups excluding carboxylic acids is 2. The molecule has 1 aromatic heterocycles. The summed E-state index contributed by atoms with van der Waals surface area (Å²) in [7, 11) is -3.41. The first-order valence-electron chi connectivity index (χ1n) is 16.5. The molecule has 2 aliphatic rings. The number of nitrogens with zero attached hydrogens (tertiary/aromatic N) is 4. The number of hydrogen-bond acceptors (Lipinski definition) is 7. The second kappa shape index (κ2) is 13.8. The van der Waals surface area contributed by atoms with E-state index >= 15 is 4.11 Å². The summed E-state index contributed by atoms with van der Waals surface area (Å²) in [5.41, 5.74) is 2.06. The fraction of sp³-hybridized carbons (Fsp3) is 0.389. The molecule has 0 bridgehead atoms. The first kappa shape index (κ1) is 34.9. The number of aryl methyl sites for hydroxylation is 1. The molecule has 13 heteroatoms. The quantitative estimate of drug-likeness (QED) is 0.133. The van der Waals surface area contributed by atoms with Crippen LogP contribution < -0.4 is 10.2 Å². The molecular formula is C36H41ClFN5O5Si. The number of anilines is 2. The summed E-state index contributed by atoms with van der Waals surface area (Å²) in [5, 5.41) is 31.5. The van der Waals surface area contributed by atoms with Crippen LogP contribution in [0.15, 0.2) is 79.0 Å². The van der Waals surface area contributed by atoms with Gasteiger partial charge >= 0.3 is 0 Å². The van der Waals surface area contributed by atoms with Gasteiger partial charge < -0.3 is 29.3 Å². The van der Waals surface area contributed by atoms with Gasteiger partial charge in [-0.1, -0.05) is 66.2 Å². The summed E-state index contributed by atoms with van der Waals surface area (Å²) in [5.74, 6) is -1.66. The van der Waals surface area contributed by atoms with E-state index in [2.05, 4.69) is 15.6 Å². The molecule has 1 spiro atoms. The van der Waals surface area contributed by atoms with E-state index in [1.807, 2.05) is 43.3 Å². The van der Waals surface area contributed by atoms with Crippen LogP contribution in [0.1, 0.15) is 48.6 Å². The van der Waals surface area contributed by atoms with Gasteiger partial charge in [-0.25, -0.2) is 0 Å². The van der Waals surface area contributed by atoms with Crippen molar-refractivity contribution in [3.63, 3.8) is 0 Å². The van der Waals surface area contributed by atoms with E-state index in [0.717, 1.165) is 11.1 Å². The van der Waals surface area contributed by atoms with Crippen LogP contribution in [0.4, 0.5) is 15.5 Å². The van der Waals surface area contributed by atoms with Gasteiger partial charge in [-0.3, -0.25) is 14.3 Å². The number of hydrogen-bond donors (Lipinski definition) is 3. The summed E-state index contributed by atoms with van der Waals surface area (Å²) in [6.45, 7) is 7.02. The van der Waals surface area contributed by atoms with Gasteiger partial charge in [0.05, 0.1) is 36.6 Å². The Balaban J connectivity index is 1.28. The van der Waals surface area contributed by atoms with Crippen molar-refractivity contribution in [2.45, 2.75) is 75.7 Å². The largest absolute Gasteiger partial charge is 0.395 e. The molecule has 3 heterocycles. The minimum Gasteiger partial charge on any atom is -0.395 e. The second-order valence-corrected chi connectivity index (χ2v) is 17.8. The van der Waals surface area contributed by atoms with Crippen LogP contribution in [0, 0.1) is 5.92 Å². The third-order valence-electron chi connectivity index (χ3n) is 9.78. The van der Waals surface area contributed by atoms with Crippen LogP contribution in [0.2, 0.25) is 23.7 Å². The zero-order chi connectivity index (χ0) is 35.1. The number of rotatable bonds is 11. The number of aromatic nitrogens is 3. The van der Waals surface area contributed by atoms with E-state index in [0.29, 0.717) is 40.6 Å². The highest BCUT2D eigenvalue weighted by Crippen LogP contribution is 2.60. The Morgan fingerprint density at radius 3 is 2.59 bits per heavy atom. The molecule has 1 fully saturated rings. The fourth-order valence-corrected chi connectivity index (χ4v) is 10.2. The summed E-state index contributed by atoms with van der Waals surface area (Å²) in [4.78, 5) is 28.5. The van der Waals surface area contributed by atoms with E-state index in [-0.39, 0.29) is 25.0 Å². The smallest absolute Gasteiger partial charge is 0.264 e. The molecule has 2 amide bonds. The minimum absolute atomic E-state index is 0.125. The fourth-order valence-electron chi connectivity index (χ4n) is 7.52. The third-order valence-corrected chi connectivity index (χ3v) is 12.5. The van der Waals surface area contributed by atoms with Crippen LogP contribution in [0.25, 0.3) is 0 Å². The molecule has 1 unspecified atom stereocenters. The van der Waals surface area contributed by atoms with E-state index in [4.69, 9.17) is 16.3 Å². The number of ether oxygens (including phenoxy) is 1. The Hall–Kier alpha value is -3.94. The average molecular weight is 706 g/mol. The average Bonchev–Trinajstić information content (AvgIpc) is 3.71. The SMILES string of the molecule is C[C@H](O)C(=O)Nc1cccc(CN2C(=O)[C@]3(O[C@H](CCn4cc(C(CO)c5ccccc5)nn4)[C@@H]([Si](C)(C)F)[C@@H]3C)c3cc(Cl)ccc32)c1. The normalized spacial score (nSPS) is 23.1. The molecule has 1 saturated heterocycles. The molecule has 3 aromatic carbocycles. The lowest BCUT2D eigenvalue weighted by atomic mass is 9.82. The lowest BCUT2D eigenvalue weighted by molar-refractivity contribution is -0.146. The van der Waals surface area contributed by atoms with Crippen LogP contribution in [-0.4, -0.2) is 64.2 Å². The molecule has 0 aliphatic carbocycles. The number of fused-ring (bicyclic) bond motifs is 2. The number of carbonyl (C=O) groups is 2. The summed E-state index contributed by atoms with van der Waals surface area (Å²) < 4.78 is 24.9. The lowest BCUT2D eigenvalue weighted by Gasteiger charge is -2.31. The second-order valence-electron chi connectivity index (χ2n) is 13.5. The van der Waals surface area contributed by atoms with Gasteiger partial charge in [-0.15, -0.1) is 5.10 Å². The predicted molar refractivity (Wildman–Crippen MR) is 187 cm³/mol. The predicted octanol–water partition coefficient (Wildman–Crippen LogP) is 5.79. The number of aliphatic hydroxyl groups is 2. The molecule has 2 aliphatic heterocycles. The Kier molecular flexibility index (Phi) is 9.80. The first-order valence-corrected chi connectivity index (χ1v) is 19.8. The highest BCUT2D eigenvalue weighted by molar-refractivity contribution is 6.72. The Morgan fingerprint density at radius 2 is 1.90 bits per heavy atom. The monoisotopic (exact) mass is 705 g/mol. The van der Waals surface area contributed by atoms with Gasteiger partial charge in [0.2, 0.25) is 8.41 Å². The lowest BCUT2D eigenvalue weighted by Crippen LogP contribution is -2.45.